The minimum absolute atomic E-state index is 0.254. The monoisotopic (exact) mass is 268 g/mol. The van der Waals surface area contributed by atoms with Gasteiger partial charge >= 0.3 is 0 Å². The lowest BCUT2D eigenvalue weighted by molar-refractivity contribution is -0.225. The van der Waals surface area contributed by atoms with Crippen LogP contribution in [0.5, 0.6) is 0 Å². The van der Waals surface area contributed by atoms with Crippen molar-refractivity contribution in [2.45, 2.75) is 75.7 Å². The van der Waals surface area contributed by atoms with Gasteiger partial charge in [-0.3, -0.25) is 0 Å². The van der Waals surface area contributed by atoms with E-state index in [4.69, 9.17) is 14.2 Å². The van der Waals surface area contributed by atoms with Crippen molar-refractivity contribution in [3.63, 3.8) is 0 Å². The van der Waals surface area contributed by atoms with E-state index in [2.05, 4.69) is 6.92 Å². The molecular formula is C15H24O4. The van der Waals surface area contributed by atoms with Crippen LogP contribution in [0.3, 0.4) is 0 Å². The number of hydrogen-bond donors (Lipinski definition) is 1. The van der Waals surface area contributed by atoms with Gasteiger partial charge in [-0.05, 0) is 37.5 Å². The molecule has 0 bridgehead atoms. The fourth-order valence-corrected chi connectivity index (χ4v) is 3.90. The highest BCUT2D eigenvalue weighted by Gasteiger charge is 2.51. The highest BCUT2D eigenvalue weighted by atomic mass is 16.6. The molecule has 4 nitrogen and oxygen atoms in total. The second-order valence-electron chi connectivity index (χ2n) is 6.98. The van der Waals surface area contributed by atoms with Crippen LogP contribution in [0.1, 0.15) is 45.4 Å². The first-order valence-electron chi connectivity index (χ1n) is 7.80. The van der Waals surface area contributed by atoms with Crippen molar-refractivity contribution in [1.82, 2.24) is 0 Å². The third kappa shape index (κ3) is 2.56. The van der Waals surface area contributed by atoms with Gasteiger partial charge in [0.2, 0.25) is 0 Å². The number of epoxide rings is 2. The van der Waals surface area contributed by atoms with E-state index in [1.807, 2.05) is 0 Å². The quantitative estimate of drug-likeness (QED) is 0.624. The van der Waals surface area contributed by atoms with Gasteiger partial charge in [-0.1, -0.05) is 6.92 Å². The first kappa shape index (κ1) is 12.6. The molecular weight excluding hydrogens is 244 g/mol. The zero-order valence-corrected chi connectivity index (χ0v) is 11.6. The van der Waals surface area contributed by atoms with Gasteiger partial charge in [-0.25, -0.2) is 0 Å². The van der Waals surface area contributed by atoms with E-state index in [9.17, 15) is 5.11 Å². The molecule has 4 heteroatoms. The van der Waals surface area contributed by atoms with Crippen LogP contribution in [0, 0.1) is 11.8 Å². The molecule has 4 rings (SSSR count). The first-order chi connectivity index (χ1) is 9.13. The average Bonchev–Trinajstić information content (AvgIpc) is 3.28. The molecule has 0 radical (unpaired) electrons. The molecule has 0 aromatic rings. The smallest absolute Gasteiger partial charge is 0.168 e. The van der Waals surface area contributed by atoms with Gasteiger partial charge in [0.1, 0.15) is 0 Å². The molecule has 2 heterocycles. The predicted molar refractivity (Wildman–Crippen MR) is 68.6 cm³/mol. The van der Waals surface area contributed by atoms with Crippen molar-refractivity contribution >= 4 is 0 Å². The second-order valence-corrected chi connectivity index (χ2v) is 6.98. The van der Waals surface area contributed by atoms with Crippen LogP contribution in [-0.2, 0) is 14.2 Å². The Balaban J connectivity index is 1.26. The Labute approximate surface area is 114 Å². The summed E-state index contributed by atoms with van der Waals surface area (Å²) in [5, 5.41) is 10.4. The molecule has 1 N–H and O–H groups in total. The molecule has 2 saturated carbocycles. The van der Waals surface area contributed by atoms with Gasteiger partial charge in [0.15, 0.2) is 5.79 Å². The summed E-state index contributed by atoms with van der Waals surface area (Å²) in [4.78, 5) is 0. The van der Waals surface area contributed by atoms with E-state index < -0.39 is 5.79 Å². The van der Waals surface area contributed by atoms with Crippen molar-refractivity contribution in [3.05, 3.63) is 0 Å². The minimum Gasteiger partial charge on any atom is -0.370 e. The van der Waals surface area contributed by atoms with Crippen molar-refractivity contribution in [2.75, 3.05) is 6.61 Å². The molecule has 0 amide bonds. The Kier molecular flexibility index (Phi) is 2.92. The molecule has 19 heavy (non-hydrogen) atoms. The molecule has 2 aliphatic carbocycles. The van der Waals surface area contributed by atoms with Crippen LogP contribution < -0.4 is 0 Å². The minimum atomic E-state index is -0.931. The molecule has 0 aromatic heterocycles. The molecule has 0 aromatic carbocycles. The molecule has 4 aliphatic rings. The molecule has 7 atom stereocenters. The van der Waals surface area contributed by atoms with Gasteiger partial charge in [-0.15, -0.1) is 0 Å². The third-order valence-corrected chi connectivity index (χ3v) is 5.49. The van der Waals surface area contributed by atoms with E-state index in [1.165, 1.54) is 19.3 Å². The maximum absolute atomic E-state index is 10.4. The summed E-state index contributed by atoms with van der Waals surface area (Å²) in [7, 11) is 0. The molecule has 2 saturated heterocycles. The standard InChI is InChI=1S/C15H24O4/c1-9(10-2-3-11-13(6-10)18-11)8-17-15(16)5-4-12-14(7-15)19-12/h9-14,16H,2-8H2,1H3. The SMILES string of the molecule is CC(COC1(O)CCC2OC2C1)C1CCC2OC2C1. The fourth-order valence-electron chi connectivity index (χ4n) is 3.90. The normalized spacial score (nSPS) is 53.1. The van der Waals surface area contributed by atoms with Crippen LogP contribution in [-0.4, -0.2) is 41.9 Å². The summed E-state index contributed by atoms with van der Waals surface area (Å²) in [6, 6.07) is 0. The van der Waals surface area contributed by atoms with Crippen LogP contribution in [0.2, 0.25) is 0 Å². The lowest BCUT2D eigenvalue weighted by atomic mass is 9.81. The maximum atomic E-state index is 10.4. The van der Waals surface area contributed by atoms with Crippen molar-refractivity contribution in [1.29, 1.82) is 0 Å². The largest absolute Gasteiger partial charge is 0.370 e. The summed E-state index contributed by atoms with van der Waals surface area (Å²) in [6.07, 6.45) is 7.71. The number of hydrogen-bond acceptors (Lipinski definition) is 4. The van der Waals surface area contributed by atoms with Crippen molar-refractivity contribution in [2.24, 2.45) is 11.8 Å². The summed E-state index contributed by atoms with van der Waals surface area (Å²) in [5.74, 6) is 0.270. The Morgan fingerprint density at radius 2 is 1.95 bits per heavy atom. The van der Waals surface area contributed by atoms with E-state index >= 15 is 0 Å². The molecule has 2 aliphatic heterocycles. The van der Waals surface area contributed by atoms with Gasteiger partial charge < -0.3 is 19.3 Å². The highest BCUT2D eigenvalue weighted by Crippen LogP contribution is 2.44. The van der Waals surface area contributed by atoms with Crippen LogP contribution in [0.15, 0.2) is 0 Å². The van der Waals surface area contributed by atoms with Crippen molar-refractivity contribution < 1.29 is 19.3 Å². The molecule has 108 valence electrons. The zero-order chi connectivity index (χ0) is 13.0. The molecule has 7 unspecified atom stereocenters. The van der Waals surface area contributed by atoms with Gasteiger partial charge in [0.25, 0.3) is 0 Å². The van der Waals surface area contributed by atoms with Crippen LogP contribution in [0.4, 0.5) is 0 Å². The van der Waals surface area contributed by atoms with E-state index in [1.54, 1.807) is 0 Å². The summed E-state index contributed by atoms with van der Waals surface area (Å²) < 4.78 is 16.9. The maximum Gasteiger partial charge on any atom is 0.168 e. The number of ether oxygens (including phenoxy) is 3. The number of rotatable bonds is 4. The molecule has 4 fully saturated rings. The Morgan fingerprint density at radius 3 is 2.74 bits per heavy atom. The van der Waals surface area contributed by atoms with E-state index in [-0.39, 0.29) is 6.10 Å². The Bertz CT molecular complexity index is 360. The second kappa shape index (κ2) is 4.42. The van der Waals surface area contributed by atoms with E-state index in [0.29, 0.717) is 43.2 Å². The third-order valence-electron chi connectivity index (χ3n) is 5.49. The Hall–Kier alpha value is -0.160. The molecule has 0 spiro atoms. The van der Waals surface area contributed by atoms with Gasteiger partial charge in [-0.2, -0.15) is 0 Å². The first-order valence-corrected chi connectivity index (χ1v) is 7.80. The topological polar surface area (TPSA) is 54.5 Å². The number of fused-ring (bicyclic) bond motifs is 2. The summed E-state index contributed by atoms with van der Waals surface area (Å²) >= 11 is 0. The van der Waals surface area contributed by atoms with Gasteiger partial charge in [0, 0.05) is 12.8 Å². The van der Waals surface area contributed by atoms with Crippen molar-refractivity contribution in [3.8, 4) is 0 Å². The predicted octanol–water partition coefficient (Wildman–Crippen LogP) is 1.85. The van der Waals surface area contributed by atoms with Crippen LogP contribution >= 0.6 is 0 Å². The van der Waals surface area contributed by atoms with Crippen LogP contribution in [0.25, 0.3) is 0 Å². The zero-order valence-electron chi connectivity index (χ0n) is 11.6. The Morgan fingerprint density at radius 1 is 1.16 bits per heavy atom. The fraction of sp³-hybridized carbons (Fsp3) is 1.00. The van der Waals surface area contributed by atoms with E-state index in [0.717, 1.165) is 12.8 Å². The lowest BCUT2D eigenvalue weighted by Crippen LogP contribution is -2.39. The van der Waals surface area contributed by atoms with Gasteiger partial charge in [0.05, 0.1) is 31.0 Å². The average molecular weight is 268 g/mol. The lowest BCUT2D eigenvalue weighted by Gasteiger charge is -2.33. The highest BCUT2D eigenvalue weighted by molar-refractivity contribution is 4.96. The summed E-state index contributed by atoms with van der Waals surface area (Å²) in [5.41, 5.74) is 0. The summed E-state index contributed by atoms with van der Waals surface area (Å²) in [6.45, 7) is 2.91. The number of aliphatic hydroxyl groups is 1.